The number of anilines is 1. The van der Waals surface area contributed by atoms with Crippen LogP contribution in [-0.4, -0.2) is 53.5 Å². The molecule has 0 bridgehead atoms. The Morgan fingerprint density at radius 2 is 1.76 bits per heavy atom. The summed E-state index contributed by atoms with van der Waals surface area (Å²) in [6.07, 6.45) is 7.17. The van der Waals surface area contributed by atoms with E-state index in [1.165, 1.54) is 32.5 Å². The fraction of sp³-hybridized carbons (Fsp3) is 0.429. The van der Waals surface area contributed by atoms with Crippen molar-refractivity contribution in [1.82, 2.24) is 9.88 Å². The molecule has 0 aliphatic carbocycles. The topological polar surface area (TPSA) is 56.7 Å². The van der Waals surface area contributed by atoms with Crippen LogP contribution >= 0.6 is 11.6 Å². The monoisotopic (exact) mass is 477 g/mol. The van der Waals surface area contributed by atoms with E-state index >= 15 is 0 Å². The summed E-state index contributed by atoms with van der Waals surface area (Å²) in [5.74, 6) is 0.922. The highest BCUT2D eigenvalue weighted by molar-refractivity contribution is 6.32. The lowest BCUT2D eigenvalue weighted by Crippen LogP contribution is -2.38. The molecule has 2 aromatic carbocycles. The molecule has 178 valence electrons. The molecule has 0 radical (unpaired) electrons. The molecule has 5 rings (SSSR count). The Hall–Kier alpha value is -2.63. The molecule has 2 saturated heterocycles. The van der Waals surface area contributed by atoms with Gasteiger partial charge in [-0.25, -0.2) is 0 Å². The van der Waals surface area contributed by atoms with Crippen molar-refractivity contribution in [2.24, 2.45) is 5.92 Å². The second kappa shape index (κ2) is 9.93. The van der Waals surface area contributed by atoms with Crippen molar-refractivity contribution < 1.29 is 9.90 Å². The van der Waals surface area contributed by atoms with Gasteiger partial charge in [-0.1, -0.05) is 30.7 Å². The average molecular weight is 478 g/mol. The number of likely N-dealkylation sites (tertiary alicyclic amines) is 1. The third-order valence-corrected chi connectivity index (χ3v) is 7.69. The lowest BCUT2D eigenvalue weighted by molar-refractivity contribution is 0.0988. The van der Waals surface area contributed by atoms with E-state index in [0.29, 0.717) is 17.0 Å². The third kappa shape index (κ3) is 4.64. The Morgan fingerprint density at radius 3 is 2.47 bits per heavy atom. The van der Waals surface area contributed by atoms with Crippen LogP contribution in [0.3, 0.4) is 0 Å². The van der Waals surface area contributed by atoms with Crippen molar-refractivity contribution in [2.75, 3.05) is 37.6 Å². The van der Waals surface area contributed by atoms with Gasteiger partial charge in [0.15, 0.2) is 5.78 Å². The van der Waals surface area contributed by atoms with E-state index in [4.69, 9.17) is 11.6 Å². The normalized spacial score (nSPS) is 17.5. The molecule has 0 spiro atoms. The number of fused-ring (bicyclic) bond motifs is 1. The van der Waals surface area contributed by atoms with E-state index < -0.39 is 0 Å². The SMILES string of the molecule is CCC(=O)c1cnc2ccc(-c3ccc(O)c(Cl)c3)cc2c1N1CCC(CN2CCCC2)CC1. The van der Waals surface area contributed by atoms with Crippen LogP contribution in [0.25, 0.3) is 22.0 Å². The zero-order valence-electron chi connectivity index (χ0n) is 19.8. The van der Waals surface area contributed by atoms with Gasteiger partial charge in [0.2, 0.25) is 0 Å². The van der Waals surface area contributed by atoms with Gasteiger partial charge in [0.1, 0.15) is 5.75 Å². The van der Waals surface area contributed by atoms with E-state index in [-0.39, 0.29) is 11.5 Å². The number of phenolic OH excluding ortho intramolecular Hbond substituents is 1. The lowest BCUT2D eigenvalue weighted by atomic mass is 9.93. The molecule has 3 aromatic rings. The largest absolute Gasteiger partial charge is 0.506 e. The van der Waals surface area contributed by atoms with Crippen LogP contribution in [0.15, 0.2) is 42.6 Å². The molecule has 3 heterocycles. The number of Topliss-reactive ketones (excluding diaryl/α,β-unsaturated/α-hetero) is 1. The maximum Gasteiger partial charge on any atom is 0.166 e. The Bertz CT molecular complexity index is 1200. The molecule has 1 N–H and O–H groups in total. The summed E-state index contributed by atoms with van der Waals surface area (Å²) in [5.41, 5.74) is 4.53. The highest BCUT2D eigenvalue weighted by atomic mass is 35.5. The summed E-state index contributed by atoms with van der Waals surface area (Å²) in [5, 5.41) is 11.1. The van der Waals surface area contributed by atoms with Crippen molar-refractivity contribution >= 4 is 34.0 Å². The number of benzene rings is 2. The first-order chi connectivity index (χ1) is 16.5. The molecule has 0 saturated carbocycles. The molecular weight excluding hydrogens is 446 g/mol. The smallest absolute Gasteiger partial charge is 0.166 e. The highest BCUT2D eigenvalue weighted by Crippen LogP contribution is 2.37. The Kier molecular flexibility index (Phi) is 6.75. The molecule has 34 heavy (non-hydrogen) atoms. The number of halogens is 1. The zero-order valence-corrected chi connectivity index (χ0v) is 20.5. The summed E-state index contributed by atoms with van der Waals surface area (Å²) < 4.78 is 0. The first-order valence-corrected chi connectivity index (χ1v) is 12.8. The van der Waals surface area contributed by atoms with Crippen molar-refractivity contribution in [2.45, 2.75) is 39.0 Å². The minimum absolute atomic E-state index is 0.0705. The second-order valence-electron chi connectivity index (χ2n) is 9.63. The molecular formula is C28H32ClN3O2. The maximum absolute atomic E-state index is 12.9. The molecule has 6 heteroatoms. The first-order valence-electron chi connectivity index (χ1n) is 12.5. The van der Waals surface area contributed by atoms with Gasteiger partial charge in [0.25, 0.3) is 0 Å². The fourth-order valence-electron chi connectivity index (χ4n) is 5.45. The van der Waals surface area contributed by atoms with Crippen LogP contribution in [0.1, 0.15) is 49.4 Å². The number of ketones is 1. The summed E-state index contributed by atoms with van der Waals surface area (Å²) in [7, 11) is 0. The summed E-state index contributed by atoms with van der Waals surface area (Å²) in [4.78, 5) is 22.6. The number of nitrogens with zero attached hydrogens (tertiary/aromatic N) is 3. The number of hydrogen-bond donors (Lipinski definition) is 1. The number of rotatable bonds is 6. The van der Waals surface area contributed by atoms with Gasteiger partial charge in [0, 0.05) is 37.6 Å². The summed E-state index contributed by atoms with van der Waals surface area (Å²) in [6.45, 7) is 7.52. The number of aromatic nitrogens is 1. The van der Waals surface area contributed by atoms with Crippen molar-refractivity contribution in [3.8, 4) is 16.9 Å². The van der Waals surface area contributed by atoms with Gasteiger partial charge >= 0.3 is 0 Å². The molecule has 2 aliphatic heterocycles. The van der Waals surface area contributed by atoms with Crippen LogP contribution in [0.5, 0.6) is 5.75 Å². The number of pyridine rings is 1. The summed E-state index contributed by atoms with van der Waals surface area (Å²) >= 11 is 6.18. The van der Waals surface area contributed by atoms with Gasteiger partial charge in [-0.15, -0.1) is 0 Å². The molecule has 0 atom stereocenters. The van der Waals surface area contributed by atoms with Gasteiger partial charge in [-0.05, 0) is 80.1 Å². The van der Waals surface area contributed by atoms with Gasteiger partial charge < -0.3 is 14.9 Å². The van der Waals surface area contributed by atoms with Gasteiger partial charge in [-0.2, -0.15) is 0 Å². The van der Waals surface area contributed by atoms with E-state index in [1.54, 1.807) is 18.3 Å². The standard InChI is InChI=1S/C28H32ClN3O2/c1-2-26(33)23-17-30-25-7-5-20(21-6-8-27(34)24(29)16-21)15-22(25)28(23)32-13-9-19(10-14-32)18-31-11-3-4-12-31/h5-8,15-17,19,34H,2-4,9-14,18H2,1H3. The minimum atomic E-state index is 0.0705. The average Bonchev–Trinajstić information content (AvgIpc) is 3.38. The lowest BCUT2D eigenvalue weighted by Gasteiger charge is -2.36. The van der Waals surface area contributed by atoms with E-state index in [2.05, 4.69) is 20.9 Å². The number of aromatic hydroxyl groups is 1. The number of phenols is 1. The Balaban J connectivity index is 1.50. The van der Waals surface area contributed by atoms with E-state index in [0.717, 1.165) is 59.6 Å². The van der Waals surface area contributed by atoms with Crippen LogP contribution in [-0.2, 0) is 0 Å². The van der Waals surface area contributed by atoms with Crippen molar-refractivity contribution in [3.63, 3.8) is 0 Å². The molecule has 0 amide bonds. The third-order valence-electron chi connectivity index (χ3n) is 7.39. The maximum atomic E-state index is 12.9. The number of piperidine rings is 1. The van der Waals surface area contributed by atoms with E-state index in [1.807, 2.05) is 25.1 Å². The predicted molar refractivity (Wildman–Crippen MR) is 139 cm³/mol. The molecule has 2 fully saturated rings. The van der Waals surface area contributed by atoms with E-state index in [9.17, 15) is 9.90 Å². The molecule has 2 aliphatic rings. The minimum Gasteiger partial charge on any atom is -0.506 e. The molecule has 5 nitrogen and oxygen atoms in total. The number of carbonyl (C=O) groups excluding carboxylic acids is 1. The number of hydrogen-bond acceptors (Lipinski definition) is 5. The van der Waals surface area contributed by atoms with Gasteiger partial charge in [-0.3, -0.25) is 9.78 Å². The van der Waals surface area contributed by atoms with Crippen LogP contribution in [0.4, 0.5) is 5.69 Å². The first kappa shape index (κ1) is 23.1. The summed E-state index contributed by atoms with van der Waals surface area (Å²) in [6, 6.07) is 11.4. The van der Waals surface area contributed by atoms with Crippen LogP contribution < -0.4 is 4.90 Å². The Morgan fingerprint density at radius 1 is 1.06 bits per heavy atom. The van der Waals surface area contributed by atoms with Gasteiger partial charge in [0.05, 0.1) is 21.8 Å². The quantitative estimate of drug-likeness (QED) is 0.430. The number of carbonyl (C=O) groups is 1. The highest BCUT2D eigenvalue weighted by Gasteiger charge is 2.26. The molecule has 1 aromatic heterocycles. The fourth-order valence-corrected chi connectivity index (χ4v) is 5.63. The van der Waals surface area contributed by atoms with Crippen LogP contribution in [0.2, 0.25) is 5.02 Å². The Labute approximate surface area is 206 Å². The van der Waals surface area contributed by atoms with Crippen molar-refractivity contribution in [1.29, 1.82) is 0 Å². The van der Waals surface area contributed by atoms with Crippen molar-refractivity contribution in [3.05, 3.63) is 53.2 Å². The second-order valence-corrected chi connectivity index (χ2v) is 10.0. The predicted octanol–water partition coefficient (Wildman–Crippen LogP) is 6.17. The zero-order chi connectivity index (χ0) is 23.7. The molecule has 0 unspecified atom stereocenters. The van der Waals surface area contributed by atoms with Crippen LogP contribution in [0, 0.1) is 5.92 Å².